The lowest BCUT2D eigenvalue weighted by Crippen LogP contribution is -2.06. The van der Waals surface area contributed by atoms with Crippen LogP contribution in [0.3, 0.4) is 0 Å². The van der Waals surface area contributed by atoms with Crippen LogP contribution in [-0.2, 0) is 11.3 Å². The molecule has 0 N–H and O–H groups in total. The van der Waals surface area contributed by atoms with E-state index in [-0.39, 0.29) is 5.97 Å². The van der Waals surface area contributed by atoms with Gasteiger partial charge in [0.1, 0.15) is 17.9 Å². The van der Waals surface area contributed by atoms with Gasteiger partial charge in [-0.05, 0) is 66.1 Å². The lowest BCUT2D eigenvalue weighted by molar-refractivity contribution is 0.0600. The molecule has 0 amide bonds. The fourth-order valence-corrected chi connectivity index (χ4v) is 3.77. The van der Waals surface area contributed by atoms with E-state index in [9.17, 15) is 9.59 Å². The topological polar surface area (TPSA) is 84.2 Å². The second kappa shape index (κ2) is 9.70. The summed E-state index contributed by atoms with van der Waals surface area (Å²) in [7, 11) is 4.45. The zero-order valence-corrected chi connectivity index (χ0v) is 19.3. The van der Waals surface area contributed by atoms with Crippen LogP contribution < -0.4 is 19.8 Å². The third kappa shape index (κ3) is 4.45. The SMILES string of the molecule is COC(=O)c1ccc(COc2ccc3oc(=O)c(-c4ccc(OC)c(OC)c4)c(C)c3c2)cc1. The molecule has 0 aliphatic heterocycles. The molecule has 0 fully saturated rings. The number of methoxy groups -OCH3 is 3. The summed E-state index contributed by atoms with van der Waals surface area (Å²) < 4.78 is 26.9. The molecule has 7 heteroatoms. The van der Waals surface area contributed by atoms with Crippen LogP contribution in [0.4, 0.5) is 0 Å². The third-order valence-electron chi connectivity index (χ3n) is 5.59. The van der Waals surface area contributed by atoms with Crippen molar-refractivity contribution in [3.8, 4) is 28.4 Å². The van der Waals surface area contributed by atoms with Crippen molar-refractivity contribution in [2.24, 2.45) is 0 Å². The molecule has 7 nitrogen and oxygen atoms in total. The highest BCUT2D eigenvalue weighted by atomic mass is 16.5. The Labute approximate surface area is 196 Å². The molecule has 174 valence electrons. The second-order valence-corrected chi connectivity index (χ2v) is 7.59. The average Bonchev–Trinajstić information content (AvgIpc) is 2.87. The lowest BCUT2D eigenvalue weighted by atomic mass is 9.99. The first-order valence-electron chi connectivity index (χ1n) is 10.5. The van der Waals surface area contributed by atoms with Gasteiger partial charge in [-0.1, -0.05) is 18.2 Å². The molecular formula is C27H24O7. The Morgan fingerprint density at radius 2 is 1.62 bits per heavy atom. The molecule has 4 aromatic rings. The van der Waals surface area contributed by atoms with Crippen LogP contribution >= 0.6 is 0 Å². The number of rotatable bonds is 7. The molecule has 4 rings (SSSR count). The summed E-state index contributed by atoms with van der Waals surface area (Å²) >= 11 is 0. The molecule has 34 heavy (non-hydrogen) atoms. The maximum atomic E-state index is 12.8. The fourth-order valence-electron chi connectivity index (χ4n) is 3.77. The van der Waals surface area contributed by atoms with Crippen molar-refractivity contribution in [3.05, 3.63) is 87.8 Å². The summed E-state index contributed by atoms with van der Waals surface area (Å²) in [5.74, 6) is 1.34. The number of hydrogen-bond donors (Lipinski definition) is 0. The molecule has 0 saturated carbocycles. The van der Waals surface area contributed by atoms with Gasteiger partial charge in [0.05, 0.1) is 32.5 Å². The van der Waals surface area contributed by atoms with Crippen molar-refractivity contribution in [3.63, 3.8) is 0 Å². The molecular weight excluding hydrogens is 436 g/mol. The van der Waals surface area contributed by atoms with Crippen LogP contribution in [0.2, 0.25) is 0 Å². The van der Waals surface area contributed by atoms with Crippen LogP contribution in [0.25, 0.3) is 22.1 Å². The maximum absolute atomic E-state index is 12.8. The Hall–Kier alpha value is -4.26. The molecule has 0 saturated heterocycles. The Kier molecular flexibility index (Phi) is 6.54. The second-order valence-electron chi connectivity index (χ2n) is 7.59. The van der Waals surface area contributed by atoms with Gasteiger partial charge < -0.3 is 23.4 Å². The van der Waals surface area contributed by atoms with Crippen molar-refractivity contribution in [2.75, 3.05) is 21.3 Å². The number of ether oxygens (including phenoxy) is 4. The molecule has 1 heterocycles. The summed E-state index contributed by atoms with van der Waals surface area (Å²) in [6.07, 6.45) is 0. The van der Waals surface area contributed by atoms with Crippen LogP contribution in [0.5, 0.6) is 17.2 Å². The monoisotopic (exact) mass is 460 g/mol. The number of fused-ring (bicyclic) bond motifs is 1. The Morgan fingerprint density at radius 1 is 0.882 bits per heavy atom. The molecule has 0 aliphatic rings. The number of esters is 1. The highest BCUT2D eigenvalue weighted by Gasteiger charge is 2.16. The molecule has 0 bridgehead atoms. The maximum Gasteiger partial charge on any atom is 0.344 e. The summed E-state index contributed by atoms with van der Waals surface area (Å²) in [4.78, 5) is 24.4. The third-order valence-corrected chi connectivity index (χ3v) is 5.59. The first-order valence-corrected chi connectivity index (χ1v) is 10.5. The van der Waals surface area contributed by atoms with Gasteiger partial charge in [-0.3, -0.25) is 0 Å². The van der Waals surface area contributed by atoms with Crippen molar-refractivity contribution in [1.82, 2.24) is 0 Å². The number of aryl methyl sites for hydroxylation is 1. The Bertz CT molecular complexity index is 1400. The van der Waals surface area contributed by atoms with Crippen LogP contribution in [0.15, 0.2) is 69.9 Å². The molecule has 0 spiro atoms. The molecule has 0 atom stereocenters. The smallest absolute Gasteiger partial charge is 0.344 e. The Balaban J connectivity index is 1.65. The summed E-state index contributed by atoms with van der Waals surface area (Å²) in [5.41, 5.74) is 3.30. The quantitative estimate of drug-likeness (QED) is 0.278. The van der Waals surface area contributed by atoms with E-state index in [0.717, 1.165) is 16.5 Å². The zero-order valence-electron chi connectivity index (χ0n) is 19.3. The van der Waals surface area contributed by atoms with Crippen molar-refractivity contribution in [2.45, 2.75) is 13.5 Å². The molecule has 0 unspecified atom stereocenters. The van der Waals surface area contributed by atoms with Gasteiger partial charge >= 0.3 is 11.6 Å². The van der Waals surface area contributed by atoms with Crippen molar-refractivity contribution >= 4 is 16.9 Å². The zero-order chi connectivity index (χ0) is 24.2. The predicted molar refractivity (Wildman–Crippen MR) is 128 cm³/mol. The van der Waals surface area contributed by atoms with Gasteiger partial charge in [-0.15, -0.1) is 0 Å². The number of carbonyl (C=O) groups is 1. The van der Waals surface area contributed by atoms with Crippen LogP contribution in [0.1, 0.15) is 21.5 Å². The molecule has 0 aliphatic carbocycles. The van der Waals surface area contributed by atoms with E-state index >= 15 is 0 Å². The minimum atomic E-state index is -0.434. The van der Waals surface area contributed by atoms with Gasteiger partial charge in [-0.25, -0.2) is 9.59 Å². The van der Waals surface area contributed by atoms with Crippen LogP contribution in [-0.4, -0.2) is 27.3 Å². The van der Waals surface area contributed by atoms with Gasteiger partial charge in [-0.2, -0.15) is 0 Å². The van der Waals surface area contributed by atoms with Crippen molar-refractivity contribution < 1.29 is 28.2 Å². The predicted octanol–water partition coefficient (Wildman–Crippen LogP) is 5.15. The number of carbonyl (C=O) groups excluding carboxylic acids is 1. The highest BCUT2D eigenvalue weighted by Crippen LogP contribution is 2.34. The van der Waals surface area contributed by atoms with Crippen LogP contribution in [0, 0.1) is 6.92 Å². The van der Waals surface area contributed by atoms with E-state index in [0.29, 0.717) is 46.1 Å². The van der Waals surface area contributed by atoms with E-state index in [2.05, 4.69) is 0 Å². The minimum absolute atomic E-state index is 0.311. The van der Waals surface area contributed by atoms with Gasteiger partial charge in [0.2, 0.25) is 0 Å². The average molecular weight is 460 g/mol. The van der Waals surface area contributed by atoms with Gasteiger partial charge in [0.15, 0.2) is 11.5 Å². The summed E-state index contributed by atoms with van der Waals surface area (Å²) in [6, 6.07) is 17.6. The molecule has 1 aromatic heterocycles. The van der Waals surface area contributed by atoms with E-state index in [1.807, 2.05) is 25.1 Å². The van der Waals surface area contributed by atoms with E-state index < -0.39 is 5.63 Å². The van der Waals surface area contributed by atoms with E-state index in [4.69, 9.17) is 23.4 Å². The first-order chi connectivity index (χ1) is 16.4. The normalized spacial score (nSPS) is 10.7. The largest absolute Gasteiger partial charge is 0.493 e. The van der Waals surface area contributed by atoms with Crippen molar-refractivity contribution in [1.29, 1.82) is 0 Å². The number of benzene rings is 3. The van der Waals surface area contributed by atoms with E-state index in [1.165, 1.54) is 7.11 Å². The van der Waals surface area contributed by atoms with Gasteiger partial charge in [0, 0.05) is 5.39 Å². The first kappa shape index (κ1) is 22.9. The standard InChI is InChI=1S/C27H24O7/c1-16-21-14-20(33-15-17-5-7-18(8-6-17)26(28)32-4)10-12-22(21)34-27(29)25(16)19-9-11-23(30-2)24(13-19)31-3/h5-14H,15H2,1-4H3. The number of hydrogen-bond acceptors (Lipinski definition) is 7. The Morgan fingerprint density at radius 3 is 2.29 bits per heavy atom. The summed E-state index contributed by atoms with van der Waals surface area (Å²) in [5, 5.41) is 0.767. The van der Waals surface area contributed by atoms with Gasteiger partial charge in [0.25, 0.3) is 0 Å². The minimum Gasteiger partial charge on any atom is -0.493 e. The molecule has 0 radical (unpaired) electrons. The lowest BCUT2D eigenvalue weighted by Gasteiger charge is -2.13. The summed E-state index contributed by atoms with van der Waals surface area (Å²) in [6.45, 7) is 2.19. The fraction of sp³-hybridized carbons (Fsp3) is 0.185. The highest BCUT2D eigenvalue weighted by molar-refractivity contribution is 5.89. The van der Waals surface area contributed by atoms with E-state index in [1.54, 1.807) is 56.7 Å². The molecule has 3 aromatic carbocycles.